The van der Waals surface area contributed by atoms with Crippen LogP contribution in [0.15, 0.2) is 35.3 Å². The van der Waals surface area contributed by atoms with E-state index in [0.29, 0.717) is 0 Å². The number of para-hydroxylation sites is 1. The highest BCUT2D eigenvalue weighted by atomic mass is 32.2. The first-order chi connectivity index (χ1) is 11.4. The summed E-state index contributed by atoms with van der Waals surface area (Å²) in [6.45, 7) is 8.22. The van der Waals surface area contributed by atoms with Crippen molar-refractivity contribution in [3.05, 3.63) is 30.3 Å². The van der Waals surface area contributed by atoms with E-state index >= 15 is 0 Å². The summed E-state index contributed by atoms with van der Waals surface area (Å²) in [7, 11) is 0. The van der Waals surface area contributed by atoms with Gasteiger partial charge in [-0.15, -0.1) is 0 Å². The van der Waals surface area contributed by atoms with E-state index in [4.69, 9.17) is 4.99 Å². The normalized spacial score (nSPS) is 20.2. The van der Waals surface area contributed by atoms with Crippen LogP contribution in [-0.2, 0) is 0 Å². The lowest BCUT2D eigenvalue weighted by Gasteiger charge is -2.27. The van der Waals surface area contributed by atoms with Gasteiger partial charge in [0.1, 0.15) is 0 Å². The van der Waals surface area contributed by atoms with Crippen molar-refractivity contribution in [2.24, 2.45) is 4.99 Å². The Hall–Kier alpha value is -1.04. The van der Waals surface area contributed by atoms with Crippen LogP contribution in [0.5, 0.6) is 0 Å². The number of hydrogen-bond acceptors (Lipinski definition) is 4. The quantitative estimate of drug-likeness (QED) is 0.510. The maximum Gasteiger partial charge on any atom is 0.164 e. The number of nitrogens with zero attached hydrogens (tertiary/aromatic N) is 3. The van der Waals surface area contributed by atoms with E-state index < -0.39 is 0 Å². The maximum absolute atomic E-state index is 4.91. The van der Waals surface area contributed by atoms with Gasteiger partial charge in [-0.05, 0) is 37.9 Å². The summed E-state index contributed by atoms with van der Waals surface area (Å²) in [5.41, 5.74) is 1.07. The van der Waals surface area contributed by atoms with Gasteiger partial charge in [-0.1, -0.05) is 30.0 Å². The molecule has 0 radical (unpaired) electrons. The number of hydrogen-bond donors (Lipinski definition) is 1. The van der Waals surface area contributed by atoms with Crippen LogP contribution in [0.2, 0.25) is 0 Å². The first-order valence-corrected chi connectivity index (χ1v) is 9.85. The molecule has 1 aromatic carbocycles. The molecular weight excluding hydrogens is 304 g/mol. The molecule has 0 aliphatic carbocycles. The van der Waals surface area contributed by atoms with Gasteiger partial charge in [0, 0.05) is 45.0 Å². The highest BCUT2D eigenvalue weighted by molar-refractivity contribution is 8.13. The lowest BCUT2D eigenvalue weighted by Crippen LogP contribution is -2.43. The number of likely N-dealkylation sites (tertiary alicyclic amines) is 1. The zero-order valence-corrected chi connectivity index (χ0v) is 14.7. The van der Waals surface area contributed by atoms with Gasteiger partial charge in [-0.3, -0.25) is 0 Å². The third-order valence-corrected chi connectivity index (χ3v) is 5.52. The molecule has 0 spiro atoms. The topological polar surface area (TPSA) is 30.9 Å². The van der Waals surface area contributed by atoms with Crippen molar-refractivity contribution in [3.8, 4) is 0 Å². The minimum atomic E-state index is 1.07. The summed E-state index contributed by atoms with van der Waals surface area (Å²) < 4.78 is 0. The Bertz CT molecular complexity index is 479. The van der Waals surface area contributed by atoms with E-state index in [0.717, 1.165) is 37.6 Å². The van der Waals surface area contributed by atoms with E-state index in [1.165, 1.54) is 44.1 Å². The van der Waals surface area contributed by atoms with Gasteiger partial charge in [-0.25, -0.2) is 4.99 Å². The summed E-state index contributed by atoms with van der Waals surface area (Å²) >= 11 is 1.94. The number of piperazine rings is 1. The number of benzene rings is 1. The molecule has 0 aromatic heterocycles. The molecular formula is C18H28N4S. The Morgan fingerprint density at radius 3 is 2.52 bits per heavy atom. The summed E-state index contributed by atoms with van der Waals surface area (Å²) in [6, 6.07) is 10.4. The minimum absolute atomic E-state index is 1.07. The van der Waals surface area contributed by atoms with E-state index in [9.17, 15) is 0 Å². The minimum Gasteiger partial charge on any atom is -0.351 e. The fourth-order valence-electron chi connectivity index (χ4n) is 3.10. The summed E-state index contributed by atoms with van der Waals surface area (Å²) in [5, 5.41) is 4.63. The smallest absolute Gasteiger partial charge is 0.164 e. The average molecular weight is 333 g/mol. The Labute approximate surface area is 144 Å². The number of thioether (sulfide) groups is 1. The number of aliphatic imine (C=N–C) groups is 1. The van der Waals surface area contributed by atoms with E-state index in [2.05, 4.69) is 45.4 Å². The molecule has 2 fully saturated rings. The van der Waals surface area contributed by atoms with Crippen molar-refractivity contribution in [1.82, 2.24) is 15.1 Å². The molecule has 23 heavy (non-hydrogen) atoms. The molecule has 2 saturated heterocycles. The average Bonchev–Trinajstić information content (AvgIpc) is 3.14. The van der Waals surface area contributed by atoms with Crippen molar-refractivity contribution < 1.29 is 0 Å². The Morgan fingerprint density at radius 1 is 1.04 bits per heavy atom. The van der Waals surface area contributed by atoms with Gasteiger partial charge in [0.05, 0.1) is 5.69 Å². The molecule has 3 rings (SSSR count). The Balaban J connectivity index is 1.50. The third kappa shape index (κ3) is 5.52. The standard InChI is InChI=1S/C18H28N4S/c1-2-7-17(8-3-1)20-18(22-12-4-5-13-22)23-16-6-11-21-14-9-19-10-15-21/h1-3,7-8,19H,4-6,9-16H2. The third-order valence-electron chi connectivity index (χ3n) is 4.42. The molecule has 2 aliphatic heterocycles. The molecule has 126 valence electrons. The van der Waals surface area contributed by atoms with Gasteiger partial charge in [0.25, 0.3) is 0 Å². The lowest BCUT2D eigenvalue weighted by molar-refractivity contribution is 0.242. The van der Waals surface area contributed by atoms with Crippen LogP contribution in [0.1, 0.15) is 19.3 Å². The van der Waals surface area contributed by atoms with Gasteiger partial charge in [-0.2, -0.15) is 0 Å². The molecule has 0 saturated carbocycles. The van der Waals surface area contributed by atoms with Gasteiger partial charge in [0.2, 0.25) is 0 Å². The number of amidine groups is 1. The van der Waals surface area contributed by atoms with Crippen molar-refractivity contribution in [1.29, 1.82) is 0 Å². The van der Waals surface area contributed by atoms with Crippen LogP contribution in [0.25, 0.3) is 0 Å². The molecule has 4 nitrogen and oxygen atoms in total. The van der Waals surface area contributed by atoms with Crippen LogP contribution in [-0.4, -0.2) is 66.5 Å². The Kier molecular flexibility index (Phi) is 6.80. The lowest BCUT2D eigenvalue weighted by atomic mass is 10.3. The zero-order valence-electron chi connectivity index (χ0n) is 13.9. The predicted molar refractivity (Wildman–Crippen MR) is 101 cm³/mol. The number of nitrogens with one attached hydrogen (secondary N) is 1. The van der Waals surface area contributed by atoms with Crippen LogP contribution < -0.4 is 5.32 Å². The predicted octanol–water partition coefficient (Wildman–Crippen LogP) is 2.80. The van der Waals surface area contributed by atoms with E-state index in [1.54, 1.807) is 0 Å². The first-order valence-electron chi connectivity index (χ1n) is 8.86. The van der Waals surface area contributed by atoms with Crippen LogP contribution >= 0.6 is 11.8 Å². The molecule has 0 unspecified atom stereocenters. The van der Waals surface area contributed by atoms with Gasteiger partial charge < -0.3 is 15.1 Å². The fourth-order valence-corrected chi connectivity index (χ4v) is 4.09. The molecule has 0 atom stereocenters. The molecule has 0 amide bonds. The van der Waals surface area contributed by atoms with Gasteiger partial charge in [0.15, 0.2) is 5.17 Å². The van der Waals surface area contributed by atoms with Crippen LogP contribution in [0, 0.1) is 0 Å². The second-order valence-corrected chi connectivity index (χ2v) is 7.28. The van der Waals surface area contributed by atoms with Crippen LogP contribution in [0.4, 0.5) is 5.69 Å². The summed E-state index contributed by atoms with van der Waals surface area (Å²) in [4.78, 5) is 9.94. The highest BCUT2D eigenvalue weighted by Crippen LogP contribution is 2.21. The van der Waals surface area contributed by atoms with Gasteiger partial charge >= 0.3 is 0 Å². The molecule has 0 bridgehead atoms. The first kappa shape index (κ1) is 16.8. The maximum atomic E-state index is 4.91. The SMILES string of the molecule is c1ccc(N=C(SCCCN2CCNCC2)N2CCCC2)cc1. The summed E-state index contributed by atoms with van der Waals surface area (Å²) in [6.07, 6.45) is 3.84. The highest BCUT2D eigenvalue weighted by Gasteiger charge is 2.17. The monoisotopic (exact) mass is 332 g/mol. The molecule has 1 aromatic rings. The van der Waals surface area contributed by atoms with Crippen LogP contribution in [0.3, 0.4) is 0 Å². The van der Waals surface area contributed by atoms with E-state index in [-0.39, 0.29) is 0 Å². The summed E-state index contributed by atoms with van der Waals surface area (Å²) in [5.74, 6) is 1.16. The molecule has 1 N–H and O–H groups in total. The van der Waals surface area contributed by atoms with E-state index in [1.807, 2.05) is 11.8 Å². The molecule has 5 heteroatoms. The fraction of sp³-hybridized carbons (Fsp3) is 0.611. The molecule has 2 heterocycles. The van der Waals surface area contributed by atoms with Crippen molar-refractivity contribution >= 4 is 22.6 Å². The Morgan fingerprint density at radius 2 is 1.78 bits per heavy atom. The largest absolute Gasteiger partial charge is 0.351 e. The number of rotatable bonds is 5. The van der Waals surface area contributed by atoms with Crippen molar-refractivity contribution in [2.75, 3.05) is 51.6 Å². The van der Waals surface area contributed by atoms with Crippen molar-refractivity contribution in [3.63, 3.8) is 0 Å². The zero-order chi connectivity index (χ0) is 15.7. The second-order valence-electron chi connectivity index (χ2n) is 6.22. The molecule has 2 aliphatic rings. The van der Waals surface area contributed by atoms with Crippen molar-refractivity contribution in [2.45, 2.75) is 19.3 Å². The second kappa shape index (κ2) is 9.30.